The zero-order chi connectivity index (χ0) is 12.5. The van der Waals surface area contributed by atoms with Crippen LogP contribution >= 0.6 is 27.3 Å². The van der Waals surface area contributed by atoms with Crippen molar-refractivity contribution in [2.75, 3.05) is 0 Å². The van der Waals surface area contributed by atoms with E-state index in [0.29, 0.717) is 5.92 Å². The van der Waals surface area contributed by atoms with Gasteiger partial charge in [0, 0.05) is 21.2 Å². The normalized spacial score (nSPS) is 16.8. The van der Waals surface area contributed by atoms with Crippen molar-refractivity contribution in [2.24, 2.45) is 5.92 Å². The summed E-state index contributed by atoms with van der Waals surface area (Å²) in [4.78, 5) is 1.25. The van der Waals surface area contributed by atoms with Crippen LogP contribution in [0.15, 0.2) is 40.2 Å². The van der Waals surface area contributed by atoms with Gasteiger partial charge in [-0.1, -0.05) is 24.3 Å². The molecule has 1 unspecified atom stereocenters. The third-order valence-corrected chi connectivity index (χ3v) is 5.38. The van der Waals surface area contributed by atoms with E-state index in [-0.39, 0.29) is 6.10 Å². The molecule has 1 atom stereocenters. The number of hydrogen-bond acceptors (Lipinski definition) is 2. The molecule has 3 rings (SSSR count). The summed E-state index contributed by atoms with van der Waals surface area (Å²) in [6.45, 7) is 0. The standard InChI is InChI=1S/C15H15BrOS/c16-13-7-14(18-9-13)8-15(17)12-5-10-3-1-2-4-11(10)6-12/h1-4,7,9,12,15,17H,5-6,8H2. The number of hydrogen-bond donors (Lipinski definition) is 1. The van der Waals surface area contributed by atoms with Gasteiger partial charge in [-0.3, -0.25) is 0 Å². The Bertz CT molecular complexity index is 524. The van der Waals surface area contributed by atoms with Gasteiger partial charge < -0.3 is 5.11 Å². The molecule has 0 saturated heterocycles. The zero-order valence-electron chi connectivity index (χ0n) is 9.97. The maximum atomic E-state index is 10.4. The predicted octanol–water partition coefficient (Wildman–Crippen LogP) is 3.83. The first-order valence-electron chi connectivity index (χ1n) is 6.20. The second-order valence-electron chi connectivity index (χ2n) is 4.94. The van der Waals surface area contributed by atoms with Gasteiger partial charge in [-0.2, -0.15) is 0 Å². The van der Waals surface area contributed by atoms with Crippen LogP contribution < -0.4 is 0 Å². The monoisotopic (exact) mass is 322 g/mol. The molecule has 0 amide bonds. The third kappa shape index (κ3) is 2.53. The Hall–Kier alpha value is -0.640. The van der Waals surface area contributed by atoms with Crippen molar-refractivity contribution in [3.63, 3.8) is 0 Å². The van der Waals surface area contributed by atoms with E-state index in [1.54, 1.807) is 11.3 Å². The lowest BCUT2D eigenvalue weighted by Crippen LogP contribution is -2.22. The Morgan fingerprint density at radius 2 is 1.94 bits per heavy atom. The summed E-state index contributed by atoms with van der Waals surface area (Å²) in [6.07, 6.45) is 2.57. The van der Waals surface area contributed by atoms with Gasteiger partial charge in [-0.15, -0.1) is 11.3 Å². The van der Waals surface area contributed by atoms with Crippen LogP contribution in [-0.4, -0.2) is 11.2 Å². The van der Waals surface area contributed by atoms with Crippen molar-refractivity contribution in [1.82, 2.24) is 0 Å². The van der Waals surface area contributed by atoms with Gasteiger partial charge in [0.2, 0.25) is 0 Å². The summed E-state index contributed by atoms with van der Waals surface area (Å²) < 4.78 is 1.12. The molecule has 1 aliphatic rings. The molecular formula is C15H15BrOS. The number of rotatable bonds is 3. The molecule has 18 heavy (non-hydrogen) atoms. The fraction of sp³-hybridized carbons (Fsp3) is 0.333. The first-order valence-corrected chi connectivity index (χ1v) is 7.87. The summed E-state index contributed by atoms with van der Waals surface area (Å²) in [5, 5.41) is 12.4. The van der Waals surface area contributed by atoms with Crippen LogP contribution in [0.25, 0.3) is 0 Å². The Morgan fingerprint density at radius 1 is 1.28 bits per heavy atom. The number of benzene rings is 1. The van der Waals surface area contributed by atoms with Gasteiger partial charge in [0.15, 0.2) is 0 Å². The largest absolute Gasteiger partial charge is 0.392 e. The van der Waals surface area contributed by atoms with Crippen LogP contribution in [0.2, 0.25) is 0 Å². The van der Waals surface area contributed by atoms with E-state index < -0.39 is 0 Å². The molecule has 94 valence electrons. The van der Waals surface area contributed by atoms with Gasteiger partial charge in [0.25, 0.3) is 0 Å². The lowest BCUT2D eigenvalue weighted by molar-refractivity contribution is 0.113. The molecular weight excluding hydrogens is 308 g/mol. The predicted molar refractivity (Wildman–Crippen MR) is 79.1 cm³/mol. The fourth-order valence-corrected chi connectivity index (χ4v) is 4.20. The van der Waals surface area contributed by atoms with Crippen molar-refractivity contribution in [3.05, 3.63) is 56.2 Å². The molecule has 0 radical (unpaired) electrons. The lowest BCUT2D eigenvalue weighted by Gasteiger charge is -2.16. The van der Waals surface area contributed by atoms with Crippen molar-refractivity contribution < 1.29 is 5.11 Å². The van der Waals surface area contributed by atoms with E-state index in [2.05, 4.69) is 51.6 Å². The molecule has 1 nitrogen and oxygen atoms in total. The molecule has 0 aliphatic heterocycles. The quantitative estimate of drug-likeness (QED) is 0.910. The maximum Gasteiger partial charge on any atom is 0.0622 e. The Balaban J connectivity index is 1.67. The van der Waals surface area contributed by atoms with E-state index in [1.807, 2.05) is 0 Å². The highest BCUT2D eigenvalue weighted by Gasteiger charge is 2.27. The van der Waals surface area contributed by atoms with Crippen molar-refractivity contribution in [2.45, 2.75) is 25.4 Å². The summed E-state index contributed by atoms with van der Waals surface area (Å²) >= 11 is 5.17. The SMILES string of the molecule is OC(Cc1cc(Br)cs1)C1Cc2ccccc2C1. The summed E-state index contributed by atoms with van der Waals surface area (Å²) in [5.41, 5.74) is 2.82. The molecule has 1 heterocycles. The van der Waals surface area contributed by atoms with E-state index in [4.69, 9.17) is 0 Å². The summed E-state index contributed by atoms with van der Waals surface area (Å²) in [7, 11) is 0. The fourth-order valence-electron chi connectivity index (χ4n) is 2.70. The second-order valence-corrected chi connectivity index (χ2v) is 6.85. The van der Waals surface area contributed by atoms with Crippen molar-refractivity contribution >= 4 is 27.3 Å². The summed E-state index contributed by atoms with van der Waals surface area (Å²) in [5.74, 6) is 0.378. The number of fused-ring (bicyclic) bond motifs is 1. The van der Waals surface area contributed by atoms with Gasteiger partial charge in [-0.05, 0) is 51.9 Å². The minimum Gasteiger partial charge on any atom is -0.392 e. The first kappa shape index (κ1) is 12.4. The lowest BCUT2D eigenvalue weighted by atomic mass is 9.96. The van der Waals surface area contributed by atoms with E-state index >= 15 is 0 Å². The molecule has 1 aromatic carbocycles. The average Bonchev–Trinajstić information content (AvgIpc) is 2.95. The van der Waals surface area contributed by atoms with Crippen LogP contribution in [0.1, 0.15) is 16.0 Å². The highest BCUT2D eigenvalue weighted by atomic mass is 79.9. The minimum absolute atomic E-state index is 0.233. The van der Waals surface area contributed by atoms with E-state index in [9.17, 15) is 5.11 Å². The molecule has 0 bridgehead atoms. The minimum atomic E-state index is -0.233. The zero-order valence-corrected chi connectivity index (χ0v) is 12.4. The molecule has 1 aromatic heterocycles. The molecule has 0 spiro atoms. The average molecular weight is 323 g/mol. The van der Waals surface area contributed by atoms with Crippen molar-refractivity contribution in [3.8, 4) is 0 Å². The van der Waals surface area contributed by atoms with Gasteiger partial charge in [0.05, 0.1) is 6.10 Å². The second kappa shape index (κ2) is 5.16. The number of halogens is 1. The highest BCUT2D eigenvalue weighted by Crippen LogP contribution is 2.31. The van der Waals surface area contributed by atoms with Crippen LogP contribution in [0.5, 0.6) is 0 Å². The van der Waals surface area contributed by atoms with Gasteiger partial charge in [0.1, 0.15) is 0 Å². The van der Waals surface area contributed by atoms with Crippen LogP contribution in [0.4, 0.5) is 0 Å². The topological polar surface area (TPSA) is 20.2 Å². The number of aliphatic hydroxyl groups excluding tert-OH is 1. The molecule has 1 N–H and O–H groups in total. The van der Waals surface area contributed by atoms with E-state index in [1.165, 1.54) is 16.0 Å². The van der Waals surface area contributed by atoms with Crippen molar-refractivity contribution in [1.29, 1.82) is 0 Å². The number of thiophene rings is 1. The van der Waals surface area contributed by atoms with Gasteiger partial charge in [-0.25, -0.2) is 0 Å². The Morgan fingerprint density at radius 3 is 2.50 bits per heavy atom. The van der Waals surface area contributed by atoms with Gasteiger partial charge >= 0.3 is 0 Å². The highest BCUT2D eigenvalue weighted by molar-refractivity contribution is 9.10. The Kier molecular flexibility index (Phi) is 3.55. The first-order chi connectivity index (χ1) is 8.72. The summed E-state index contributed by atoms with van der Waals surface area (Å²) in [6, 6.07) is 10.7. The van der Waals surface area contributed by atoms with Crippen LogP contribution in [0, 0.1) is 5.92 Å². The molecule has 2 aromatic rings. The third-order valence-electron chi connectivity index (χ3n) is 3.66. The van der Waals surface area contributed by atoms with Crippen LogP contribution in [-0.2, 0) is 19.3 Å². The maximum absolute atomic E-state index is 10.4. The molecule has 1 aliphatic carbocycles. The molecule has 0 saturated carbocycles. The van der Waals surface area contributed by atoms with Crippen LogP contribution in [0.3, 0.4) is 0 Å². The number of aliphatic hydroxyl groups is 1. The Labute approximate surface area is 120 Å². The smallest absolute Gasteiger partial charge is 0.0622 e. The van der Waals surface area contributed by atoms with E-state index in [0.717, 1.165) is 23.7 Å². The molecule has 3 heteroatoms. The molecule has 0 fully saturated rings.